The number of hydrogen-bond donors (Lipinski definition) is 1. The van der Waals surface area contributed by atoms with Crippen molar-refractivity contribution in [2.75, 3.05) is 26.7 Å². The van der Waals surface area contributed by atoms with E-state index in [9.17, 15) is 4.79 Å². The van der Waals surface area contributed by atoms with Gasteiger partial charge in [-0.3, -0.25) is 4.79 Å². The predicted molar refractivity (Wildman–Crippen MR) is 103 cm³/mol. The summed E-state index contributed by atoms with van der Waals surface area (Å²) >= 11 is 12.6. The maximum absolute atomic E-state index is 12.9. The average Bonchev–Trinajstić information content (AvgIpc) is 3.05. The highest BCUT2D eigenvalue weighted by atomic mass is 35.5. The van der Waals surface area contributed by atoms with Gasteiger partial charge in [-0.25, -0.2) is 9.67 Å². The monoisotopic (exact) mass is 395 g/mol. The number of aryl methyl sites for hydroxylation is 1. The molecule has 1 atom stereocenters. The van der Waals surface area contributed by atoms with Crippen LogP contribution in [-0.2, 0) is 6.42 Å². The van der Waals surface area contributed by atoms with Gasteiger partial charge in [0.15, 0.2) is 0 Å². The zero-order valence-electron chi connectivity index (χ0n) is 15.0. The maximum atomic E-state index is 12.9. The lowest BCUT2D eigenvalue weighted by Gasteiger charge is -2.31. The largest absolute Gasteiger partial charge is 0.336 e. The van der Waals surface area contributed by atoms with Crippen molar-refractivity contribution in [2.45, 2.75) is 26.2 Å². The number of benzene rings is 1. The van der Waals surface area contributed by atoms with E-state index in [2.05, 4.69) is 15.4 Å². The van der Waals surface area contributed by atoms with Crippen molar-refractivity contribution in [1.29, 1.82) is 0 Å². The van der Waals surface area contributed by atoms with Crippen LogP contribution in [0.1, 0.15) is 36.2 Å². The molecular formula is C18H23Cl2N5O. The van der Waals surface area contributed by atoms with Gasteiger partial charge in [0.2, 0.25) is 5.82 Å². The molecule has 1 saturated heterocycles. The van der Waals surface area contributed by atoms with Crippen molar-refractivity contribution in [3.63, 3.8) is 0 Å². The van der Waals surface area contributed by atoms with E-state index in [1.807, 2.05) is 18.9 Å². The Balaban J connectivity index is 1.90. The topological polar surface area (TPSA) is 63.1 Å². The molecule has 1 aromatic heterocycles. The number of likely N-dealkylation sites (tertiary alicyclic amines) is 1. The molecule has 1 N–H and O–H groups in total. The molecule has 6 nitrogen and oxygen atoms in total. The molecule has 0 bridgehead atoms. The zero-order chi connectivity index (χ0) is 18.7. The van der Waals surface area contributed by atoms with E-state index < -0.39 is 0 Å². The minimum absolute atomic E-state index is 0.137. The van der Waals surface area contributed by atoms with Gasteiger partial charge in [-0.05, 0) is 44.5 Å². The minimum Gasteiger partial charge on any atom is -0.336 e. The number of hydrogen-bond acceptors (Lipinski definition) is 4. The number of rotatable bonds is 5. The third-order valence-corrected chi connectivity index (χ3v) is 5.24. The molecule has 0 saturated carbocycles. The van der Waals surface area contributed by atoms with E-state index in [1.54, 1.807) is 22.9 Å². The van der Waals surface area contributed by atoms with Crippen LogP contribution in [0.15, 0.2) is 18.2 Å². The highest BCUT2D eigenvalue weighted by Crippen LogP contribution is 2.29. The van der Waals surface area contributed by atoms with Crippen LogP contribution >= 0.6 is 23.2 Å². The maximum Gasteiger partial charge on any atom is 0.293 e. The Morgan fingerprint density at radius 1 is 1.35 bits per heavy atom. The Morgan fingerprint density at radius 2 is 2.08 bits per heavy atom. The van der Waals surface area contributed by atoms with Gasteiger partial charge in [-0.1, -0.05) is 36.2 Å². The smallest absolute Gasteiger partial charge is 0.293 e. The number of carbonyl (C=O) groups excluding carboxylic acids is 1. The average molecular weight is 396 g/mol. The van der Waals surface area contributed by atoms with Gasteiger partial charge < -0.3 is 10.2 Å². The molecule has 140 valence electrons. The molecule has 1 amide bonds. The van der Waals surface area contributed by atoms with E-state index in [0.717, 1.165) is 32.5 Å². The lowest BCUT2D eigenvalue weighted by atomic mass is 9.98. The van der Waals surface area contributed by atoms with E-state index in [0.29, 0.717) is 33.9 Å². The summed E-state index contributed by atoms with van der Waals surface area (Å²) in [6, 6.07) is 5.27. The molecule has 1 fully saturated rings. The summed E-state index contributed by atoms with van der Waals surface area (Å²) in [6.07, 6.45) is 2.74. The Kier molecular flexibility index (Phi) is 6.16. The molecule has 3 rings (SSSR count). The zero-order valence-corrected chi connectivity index (χ0v) is 16.5. The van der Waals surface area contributed by atoms with E-state index >= 15 is 0 Å². The van der Waals surface area contributed by atoms with Gasteiger partial charge in [-0.2, -0.15) is 0 Å². The predicted octanol–water partition coefficient (Wildman–Crippen LogP) is 3.21. The number of amides is 1. The van der Waals surface area contributed by atoms with Crippen LogP contribution in [0.2, 0.25) is 10.0 Å². The number of aromatic nitrogens is 3. The summed E-state index contributed by atoms with van der Waals surface area (Å²) in [5, 5.41) is 8.59. The molecule has 2 aromatic rings. The van der Waals surface area contributed by atoms with Crippen LogP contribution in [0.3, 0.4) is 0 Å². The Bertz CT molecular complexity index is 770. The van der Waals surface area contributed by atoms with Gasteiger partial charge >= 0.3 is 0 Å². The molecule has 0 spiro atoms. The van der Waals surface area contributed by atoms with E-state index in [1.165, 1.54) is 0 Å². The van der Waals surface area contributed by atoms with E-state index in [4.69, 9.17) is 23.2 Å². The van der Waals surface area contributed by atoms with Crippen molar-refractivity contribution < 1.29 is 4.79 Å². The molecule has 1 aliphatic heterocycles. The van der Waals surface area contributed by atoms with Gasteiger partial charge in [0.05, 0.1) is 10.0 Å². The Morgan fingerprint density at radius 3 is 2.73 bits per heavy atom. The van der Waals surface area contributed by atoms with Crippen LogP contribution in [0, 0.1) is 5.92 Å². The summed E-state index contributed by atoms with van der Waals surface area (Å²) in [4.78, 5) is 19.2. The van der Waals surface area contributed by atoms with Gasteiger partial charge in [-0.15, -0.1) is 5.10 Å². The lowest BCUT2D eigenvalue weighted by Crippen LogP contribution is -2.42. The molecule has 0 radical (unpaired) electrons. The fourth-order valence-electron chi connectivity index (χ4n) is 3.38. The molecule has 2 heterocycles. The molecule has 1 aliphatic rings. The fourth-order valence-corrected chi connectivity index (χ4v) is 3.94. The quantitative estimate of drug-likeness (QED) is 0.843. The summed E-state index contributed by atoms with van der Waals surface area (Å²) in [5.41, 5.74) is 0.561. The SMILES string of the molecule is CCc1nc(C(=O)N2CCCC(CNC)C2)nn1-c1c(Cl)cccc1Cl. The second-order valence-corrected chi connectivity index (χ2v) is 7.32. The van der Waals surface area contributed by atoms with Crippen LogP contribution < -0.4 is 5.32 Å². The summed E-state index contributed by atoms with van der Waals surface area (Å²) in [6.45, 7) is 4.33. The van der Waals surface area contributed by atoms with Crippen molar-refractivity contribution in [1.82, 2.24) is 25.0 Å². The number of nitrogens with zero attached hydrogens (tertiary/aromatic N) is 4. The van der Waals surface area contributed by atoms with Gasteiger partial charge in [0, 0.05) is 19.5 Å². The van der Waals surface area contributed by atoms with Crippen LogP contribution in [0.4, 0.5) is 0 Å². The third-order valence-electron chi connectivity index (χ3n) is 4.63. The number of para-hydroxylation sites is 1. The van der Waals surface area contributed by atoms with Gasteiger partial charge in [0.1, 0.15) is 11.5 Å². The normalized spacial score (nSPS) is 17.5. The van der Waals surface area contributed by atoms with E-state index in [-0.39, 0.29) is 11.7 Å². The standard InChI is InChI=1S/C18H23Cl2N5O/c1-3-15-22-17(18(26)24-9-5-6-12(11-24)10-21-2)23-25(15)16-13(19)7-4-8-14(16)20/h4,7-8,12,21H,3,5-6,9-11H2,1-2H3. The number of piperidine rings is 1. The first-order valence-electron chi connectivity index (χ1n) is 8.89. The fraction of sp³-hybridized carbons (Fsp3) is 0.500. The minimum atomic E-state index is -0.137. The van der Waals surface area contributed by atoms with Gasteiger partial charge in [0.25, 0.3) is 5.91 Å². The van der Waals surface area contributed by atoms with Crippen molar-refractivity contribution in [3.05, 3.63) is 39.9 Å². The molecule has 26 heavy (non-hydrogen) atoms. The summed E-state index contributed by atoms with van der Waals surface area (Å²) in [7, 11) is 1.94. The molecule has 8 heteroatoms. The third kappa shape index (κ3) is 3.87. The highest BCUT2D eigenvalue weighted by Gasteiger charge is 2.28. The van der Waals surface area contributed by atoms with Crippen molar-refractivity contribution >= 4 is 29.1 Å². The first kappa shape index (κ1) is 19.1. The summed E-state index contributed by atoms with van der Waals surface area (Å²) < 4.78 is 1.59. The van der Waals surface area contributed by atoms with Crippen LogP contribution in [-0.4, -0.2) is 52.3 Å². The highest BCUT2D eigenvalue weighted by molar-refractivity contribution is 6.37. The lowest BCUT2D eigenvalue weighted by molar-refractivity contribution is 0.0662. The first-order valence-corrected chi connectivity index (χ1v) is 9.65. The Labute approximate surface area is 163 Å². The van der Waals surface area contributed by atoms with Crippen LogP contribution in [0.25, 0.3) is 5.69 Å². The second-order valence-electron chi connectivity index (χ2n) is 6.50. The first-order chi connectivity index (χ1) is 12.5. The molecule has 1 unspecified atom stereocenters. The number of carbonyl (C=O) groups is 1. The van der Waals surface area contributed by atoms with Crippen molar-refractivity contribution in [2.24, 2.45) is 5.92 Å². The summed E-state index contributed by atoms with van der Waals surface area (Å²) in [5.74, 6) is 1.18. The number of halogens is 2. The molecular weight excluding hydrogens is 373 g/mol. The Hall–Kier alpha value is -1.63. The molecule has 0 aliphatic carbocycles. The second kappa shape index (κ2) is 8.37. The molecule has 1 aromatic carbocycles. The van der Waals surface area contributed by atoms with Crippen molar-refractivity contribution in [3.8, 4) is 5.69 Å². The number of nitrogens with one attached hydrogen (secondary N) is 1. The van der Waals surface area contributed by atoms with Crippen LogP contribution in [0.5, 0.6) is 0 Å².